The first kappa shape index (κ1) is 40.5. The molecule has 3 aromatic rings. The first-order valence-electron chi connectivity index (χ1n) is 20.0. The van der Waals surface area contributed by atoms with Crippen LogP contribution >= 0.6 is 11.3 Å². The number of hydrogen-bond donors (Lipinski definition) is 5. The van der Waals surface area contributed by atoms with Gasteiger partial charge in [0.15, 0.2) is 5.13 Å². The van der Waals surface area contributed by atoms with Crippen LogP contribution in [0.4, 0.5) is 9.93 Å². The van der Waals surface area contributed by atoms with Gasteiger partial charge in [-0.25, -0.2) is 19.6 Å². The molecule has 1 aliphatic heterocycles. The average molecular weight is 807 g/mol. The van der Waals surface area contributed by atoms with Gasteiger partial charge in [-0.15, -0.1) is 11.3 Å². The number of benzene rings is 1. The third-order valence-corrected chi connectivity index (χ3v) is 12.4. The molecule has 0 radical (unpaired) electrons. The Kier molecular flexibility index (Phi) is 11.3. The summed E-state index contributed by atoms with van der Waals surface area (Å²) in [5, 5.41) is 31.7. The third-order valence-electron chi connectivity index (χ3n) is 11.6. The maximum atomic E-state index is 14.7. The quantitative estimate of drug-likeness (QED) is 0.135. The highest BCUT2D eigenvalue weighted by Crippen LogP contribution is 2.52. The van der Waals surface area contributed by atoms with Gasteiger partial charge in [0, 0.05) is 35.4 Å². The number of anilines is 1. The molecule has 0 bridgehead atoms. The standard InChI is InChI=1S/C41H54N6O9S/c1-7-24-18-41(24,37(51)52)46-35(49)32-16-27(19-47(32)36(50)34(40(4,5)6)45-39(53)56-26-13-22-12-23(22)14-26)55-33-17-30(31-20-57-38(44-31)42-21(2)3)43-29-15-25(54-11-10-48)8-9-28(29)33/h8-9,15,17,20-24,26-27,32,34,48H,7,10-14,16,18-19H2,1-6H3,(H,42,44)(H,45,53)(H,46,49)(H,51,52)/t22-,23?,24+,26?,27-,32-,34?,41?/m0/s1. The molecule has 1 aromatic carbocycles. The van der Waals surface area contributed by atoms with Gasteiger partial charge < -0.3 is 45.3 Å². The molecule has 57 heavy (non-hydrogen) atoms. The average Bonchev–Trinajstić information content (AvgIpc) is 3.82. The van der Waals surface area contributed by atoms with Gasteiger partial charge in [-0.3, -0.25) is 9.59 Å². The van der Waals surface area contributed by atoms with Crippen LogP contribution in [-0.2, 0) is 19.1 Å². The molecule has 0 spiro atoms. The smallest absolute Gasteiger partial charge is 0.408 e. The van der Waals surface area contributed by atoms with E-state index in [0.717, 1.165) is 18.0 Å². The second-order valence-corrected chi connectivity index (χ2v) is 18.2. The number of fused-ring (bicyclic) bond motifs is 2. The fourth-order valence-electron chi connectivity index (χ4n) is 8.38. The summed E-state index contributed by atoms with van der Waals surface area (Å²) < 4.78 is 18.2. The Morgan fingerprint density at radius 3 is 2.44 bits per heavy atom. The van der Waals surface area contributed by atoms with E-state index in [1.54, 1.807) is 24.3 Å². The minimum atomic E-state index is -1.41. The highest BCUT2D eigenvalue weighted by atomic mass is 32.1. The summed E-state index contributed by atoms with van der Waals surface area (Å²) >= 11 is 1.45. The van der Waals surface area contributed by atoms with Crippen molar-refractivity contribution in [3.8, 4) is 22.9 Å². The molecule has 4 aliphatic rings. The molecular weight excluding hydrogens is 753 g/mol. The number of aromatic nitrogens is 2. The van der Waals surface area contributed by atoms with Gasteiger partial charge in [0.05, 0.1) is 24.4 Å². The number of carboxylic acid groups (broad SMARTS) is 1. The van der Waals surface area contributed by atoms with E-state index in [4.69, 9.17) is 24.2 Å². The molecule has 16 heteroatoms. The predicted molar refractivity (Wildman–Crippen MR) is 213 cm³/mol. The lowest BCUT2D eigenvalue weighted by Gasteiger charge is -2.35. The van der Waals surface area contributed by atoms with Gasteiger partial charge in [0.1, 0.15) is 53.6 Å². The van der Waals surface area contributed by atoms with Crippen molar-refractivity contribution < 1.29 is 43.6 Å². The molecule has 4 unspecified atom stereocenters. The van der Waals surface area contributed by atoms with E-state index in [-0.39, 0.29) is 44.2 Å². The lowest BCUT2D eigenvalue weighted by atomic mass is 9.85. The molecule has 8 atom stereocenters. The zero-order valence-electron chi connectivity index (χ0n) is 33.4. The number of thiazole rings is 1. The molecular formula is C41H54N6O9S. The molecule has 1 saturated heterocycles. The van der Waals surface area contributed by atoms with E-state index in [9.17, 15) is 29.4 Å². The van der Waals surface area contributed by atoms with Gasteiger partial charge in [-0.05, 0) is 74.8 Å². The molecule has 2 aromatic heterocycles. The number of amides is 3. The minimum absolute atomic E-state index is 0.0144. The zero-order valence-corrected chi connectivity index (χ0v) is 34.2. The van der Waals surface area contributed by atoms with E-state index in [2.05, 4.69) is 16.0 Å². The number of carbonyl (C=O) groups is 4. The summed E-state index contributed by atoms with van der Waals surface area (Å²) in [6.07, 6.45) is 2.18. The van der Waals surface area contributed by atoms with Crippen molar-refractivity contribution in [3.63, 3.8) is 0 Å². The highest BCUT2D eigenvalue weighted by Gasteiger charge is 2.61. The fourth-order valence-corrected chi connectivity index (χ4v) is 9.24. The van der Waals surface area contributed by atoms with Crippen LogP contribution in [0.25, 0.3) is 22.3 Å². The van der Waals surface area contributed by atoms with Crippen molar-refractivity contribution in [2.75, 3.05) is 25.1 Å². The zero-order chi connectivity index (χ0) is 40.8. The molecule has 308 valence electrons. The number of hydrogen-bond acceptors (Lipinski definition) is 12. The first-order valence-corrected chi connectivity index (χ1v) is 20.9. The number of aliphatic hydroxyl groups excluding tert-OH is 1. The van der Waals surface area contributed by atoms with Crippen molar-refractivity contribution in [1.29, 1.82) is 0 Å². The Morgan fingerprint density at radius 1 is 1.04 bits per heavy atom. The van der Waals surface area contributed by atoms with Crippen molar-refractivity contribution in [2.45, 2.75) is 116 Å². The highest BCUT2D eigenvalue weighted by molar-refractivity contribution is 7.14. The van der Waals surface area contributed by atoms with Gasteiger partial charge in [0.2, 0.25) is 11.8 Å². The first-order chi connectivity index (χ1) is 27.1. The van der Waals surface area contributed by atoms with Crippen LogP contribution in [-0.4, -0.2) is 105 Å². The van der Waals surface area contributed by atoms with E-state index in [0.29, 0.717) is 58.5 Å². The van der Waals surface area contributed by atoms with Crippen LogP contribution in [0.2, 0.25) is 0 Å². The van der Waals surface area contributed by atoms with Crippen LogP contribution in [0.3, 0.4) is 0 Å². The summed E-state index contributed by atoms with van der Waals surface area (Å²) in [6, 6.07) is 5.11. The number of rotatable bonds is 15. The van der Waals surface area contributed by atoms with Crippen molar-refractivity contribution in [1.82, 2.24) is 25.5 Å². The molecule has 3 amide bonds. The number of carboxylic acids is 1. The second-order valence-electron chi connectivity index (χ2n) is 17.3. The van der Waals surface area contributed by atoms with Crippen LogP contribution in [0.15, 0.2) is 29.6 Å². The minimum Gasteiger partial charge on any atom is -0.491 e. The van der Waals surface area contributed by atoms with Gasteiger partial charge in [-0.2, -0.15) is 0 Å². The molecule has 7 rings (SSSR count). The number of aliphatic carboxylic acids is 1. The Hall–Kier alpha value is -4.70. The molecule has 15 nitrogen and oxygen atoms in total. The number of alkyl carbamates (subject to hydrolysis) is 1. The van der Waals surface area contributed by atoms with Gasteiger partial charge in [0.25, 0.3) is 0 Å². The second kappa shape index (κ2) is 15.9. The van der Waals surface area contributed by atoms with E-state index in [1.165, 1.54) is 22.7 Å². The Balaban J connectivity index is 1.19. The molecule has 3 aliphatic carbocycles. The molecule has 4 fully saturated rings. The Morgan fingerprint density at radius 2 is 1.79 bits per heavy atom. The van der Waals surface area contributed by atoms with E-state index < -0.39 is 53.0 Å². The van der Waals surface area contributed by atoms with Crippen molar-refractivity contribution in [3.05, 3.63) is 29.6 Å². The molecule has 5 N–H and O–H groups in total. The summed E-state index contributed by atoms with van der Waals surface area (Å²) in [5.41, 5.74) is -0.490. The number of pyridine rings is 1. The topological polar surface area (TPSA) is 202 Å². The lowest BCUT2D eigenvalue weighted by molar-refractivity contribution is -0.146. The monoisotopic (exact) mass is 806 g/mol. The number of likely N-dealkylation sites (tertiary alicyclic amines) is 1. The summed E-state index contributed by atoms with van der Waals surface area (Å²) in [5.74, 6) is -0.277. The maximum absolute atomic E-state index is 14.7. The van der Waals surface area contributed by atoms with E-state index in [1.807, 2.05) is 46.9 Å². The number of nitrogens with zero attached hydrogens (tertiary/aromatic N) is 3. The van der Waals surface area contributed by atoms with Crippen LogP contribution in [0, 0.1) is 23.2 Å². The van der Waals surface area contributed by atoms with Crippen molar-refractivity contribution >= 4 is 51.2 Å². The van der Waals surface area contributed by atoms with Crippen LogP contribution in [0.1, 0.15) is 80.1 Å². The third kappa shape index (κ3) is 8.76. The number of ether oxygens (including phenoxy) is 3. The largest absolute Gasteiger partial charge is 0.491 e. The van der Waals surface area contributed by atoms with Gasteiger partial charge in [-0.1, -0.05) is 34.1 Å². The van der Waals surface area contributed by atoms with Crippen LogP contribution in [0.5, 0.6) is 11.5 Å². The molecule has 3 heterocycles. The summed E-state index contributed by atoms with van der Waals surface area (Å²) in [7, 11) is 0. The van der Waals surface area contributed by atoms with Crippen LogP contribution < -0.4 is 25.4 Å². The fraction of sp³-hybridized carbons (Fsp3) is 0.610. The van der Waals surface area contributed by atoms with Gasteiger partial charge >= 0.3 is 12.1 Å². The maximum Gasteiger partial charge on any atom is 0.408 e. The van der Waals surface area contributed by atoms with Crippen molar-refractivity contribution in [2.24, 2.45) is 23.2 Å². The number of nitrogens with one attached hydrogen (secondary N) is 3. The SMILES string of the molecule is CC[C@@H]1CC1(NC(=O)[C@@H]1C[C@H](Oc2cc(-c3csc(NC(C)C)n3)nc3cc(OCCO)ccc23)CN1C(=O)C(NC(=O)OC1CC2C[C@H]2C1)C(C)(C)C)C(=O)O. The normalized spacial score (nSPS) is 26.8. The summed E-state index contributed by atoms with van der Waals surface area (Å²) in [4.78, 5) is 65.6. The summed E-state index contributed by atoms with van der Waals surface area (Å²) in [6.45, 7) is 11.4. The predicted octanol–water partition coefficient (Wildman–Crippen LogP) is 5.21. The lowest BCUT2D eigenvalue weighted by Crippen LogP contribution is -2.59. The van der Waals surface area contributed by atoms with E-state index >= 15 is 0 Å². The molecule has 3 saturated carbocycles. The number of aliphatic hydroxyl groups is 1. The number of carbonyl (C=O) groups excluding carboxylic acids is 3. The Bertz CT molecular complexity index is 2010. The Labute approximate surface area is 336 Å².